The van der Waals surface area contributed by atoms with Crippen LogP contribution in [0.2, 0.25) is 0 Å². The predicted molar refractivity (Wildman–Crippen MR) is 49.1 cm³/mol. The highest BCUT2D eigenvalue weighted by Gasteiger charge is 2.04. The molecule has 1 aliphatic rings. The molecule has 1 aromatic heterocycles. The van der Waals surface area contributed by atoms with Gasteiger partial charge in [0.1, 0.15) is 0 Å². The maximum Gasteiger partial charge on any atom is 0.0957 e. The van der Waals surface area contributed by atoms with E-state index < -0.39 is 0 Å². The van der Waals surface area contributed by atoms with E-state index in [2.05, 4.69) is 11.1 Å². The van der Waals surface area contributed by atoms with E-state index in [1.807, 2.05) is 6.92 Å². The quantitative estimate of drug-likeness (QED) is 0.595. The molecule has 1 aromatic rings. The van der Waals surface area contributed by atoms with Crippen LogP contribution in [-0.2, 0) is 0 Å². The molecule has 2 rings (SSSR count). The van der Waals surface area contributed by atoms with Gasteiger partial charge in [-0.2, -0.15) is 0 Å². The Labute approximate surface area is 74.0 Å². The molecule has 0 saturated carbocycles. The number of hydrogen-bond donors (Lipinski definition) is 0. The molecular formula is C8H8ClNS. The summed E-state index contributed by atoms with van der Waals surface area (Å²) in [4.78, 5) is 4.35. The molecule has 0 aromatic carbocycles. The number of aromatic nitrogens is 1. The first kappa shape index (κ1) is 7.32. The van der Waals surface area contributed by atoms with E-state index in [1.54, 1.807) is 11.3 Å². The maximum atomic E-state index is 6.00. The second-order valence-corrected chi connectivity index (χ2v) is 4.28. The first-order valence-electron chi connectivity index (χ1n) is 3.59. The van der Waals surface area contributed by atoms with Crippen molar-refractivity contribution in [1.82, 2.24) is 4.98 Å². The molecule has 0 radical (unpaired) electrons. The summed E-state index contributed by atoms with van der Waals surface area (Å²) in [6.45, 7) is 2.01. The summed E-state index contributed by atoms with van der Waals surface area (Å²) in [6, 6.07) is 0. The van der Waals surface area contributed by atoms with Gasteiger partial charge in [-0.3, -0.25) is 0 Å². The van der Waals surface area contributed by atoms with Crippen molar-refractivity contribution in [3.8, 4) is 0 Å². The first-order valence-corrected chi connectivity index (χ1v) is 4.79. The van der Waals surface area contributed by atoms with Crippen LogP contribution in [0.3, 0.4) is 0 Å². The normalized spacial score (nSPS) is 16.0. The van der Waals surface area contributed by atoms with Gasteiger partial charge in [0.2, 0.25) is 0 Å². The Bertz CT molecular complexity index is 391. The van der Waals surface area contributed by atoms with Crippen LogP contribution in [0.5, 0.6) is 0 Å². The number of thiazole rings is 1. The van der Waals surface area contributed by atoms with E-state index in [-0.39, 0.29) is 0 Å². The maximum absolute atomic E-state index is 6.00. The SMILES string of the molecule is Cc1nc2c(s1)=CCCC=2Cl. The van der Waals surface area contributed by atoms with E-state index >= 15 is 0 Å². The molecule has 58 valence electrons. The Kier molecular flexibility index (Phi) is 1.74. The topological polar surface area (TPSA) is 12.9 Å². The molecule has 0 amide bonds. The molecule has 0 spiro atoms. The molecule has 0 atom stereocenters. The Morgan fingerprint density at radius 3 is 3.18 bits per heavy atom. The number of rotatable bonds is 0. The fourth-order valence-corrected chi connectivity index (χ4v) is 2.45. The van der Waals surface area contributed by atoms with Crippen molar-refractivity contribution in [2.24, 2.45) is 0 Å². The fraction of sp³-hybridized carbons (Fsp3) is 0.375. The Morgan fingerprint density at radius 2 is 2.45 bits per heavy atom. The minimum absolute atomic E-state index is 0.923. The van der Waals surface area contributed by atoms with Gasteiger partial charge < -0.3 is 0 Å². The van der Waals surface area contributed by atoms with Crippen LogP contribution in [0.25, 0.3) is 11.1 Å². The standard InChI is InChI=1S/C8H8ClNS/c1-5-10-8-6(9)3-2-4-7(8)11-5/h4H,2-3H2,1H3. The smallest absolute Gasteiger partial charge is 0.0957 e. The zero-order chi connectivity index (χ0) is 7.84. The van der Waals surface area contributed by atoms with Gasteiger partial charge in [0.15, 0.2) is 0 Å². The Hall–Kier alpha value is -0.340. The van der Waals surface area contributed by atoms with Crippen LogP contribution in [0, 0.1) is 6.92 Å². The summed E-state index contributed by atoms with van der Waals surface area (Å²) in [6.07, 6.45) is 4.23. The third kappa shape index (κ3) is 1.21. The van der Waals surface area contributed by atoms with Crippen LogP contribution in [0.15, 0.2) is 0 Å². The number of aryl methyl sites for hydroxylation is 1. The van der Waals surface area contributed by atoms with Crippen molar-refractivity contribution in [3.63, 3.8) is 0 Å². The minimum Gasteiger partial charge on any atom is -0.240 e. The highest BCUT2D eigenvalue weighted by atomic mass is 35.5. The number of nitrogens with zero attached hydrogens (tertiary/aromatic N) is 1. The summed E-state index contributed by atoms with van der Waals surface area (Å²) in [5, 5.41) is 3.04. The number of halogens is 1. The largest absolute Gasteiger partial charge is 0.240 e. The van der Waals surface area contributed by atoms with E-state index in [0.717, 1.165) is 28.2 Å². The average molecular weight is 186 g/mol. The Morgan fingerprint density at radius 1 is 1.64 bits per heavy atom. The molecule has 11 heavy (non-hydrogen) atoms. The van der Waals surface area contributed by atoms with Crippen molar-refractivity contribution >= 4 is 34.0 Å². The van der Waals surface area contributed by atoms with Crippen molar-refractivity contribution in [1.29, 1.82) is 0 Å². The summed E-state index contributed by atoms with van der Waals surface area (Å²) in [5.41, 5.74) is 0. The monoisotopic (exact) mass is 185 g/mol. The van der Waals surface area contributed by atoms with Gasteiger partial charge in [0.25, 0.3) is 0 Å². The van der Waals surface area contributed by atoms with E-state index in [9.17, 15) is 0 Å². The van der Waals surface area contributed by atoms with Gasteiger partial charge in [-0.1, -0.05) is 17.7 Å². The minimum atomic E-state index is 0.923. The molecular weight excluding hydrogens is 178 g/mol. The van der Waals surface area contributed by atoms with Crippen molar-refractivity contribution in [2.75, 3.05) is 0 Å². The zero-order valence-electron chi connectivity index (χ0n) is 6.22. The number of hydrogen-bond acceptors (Lipinski definition) is 2. The lowest BCUT2D eigenvalue weighted by molar-refractivity contribution is 1.08. The predicted octanol–water partition coefficient (Wildman–Crippen LogP) is 1.37. The molecule has 0 saturated heterocycles. The van der Waals surface area contributed by atoms with Gasteiger partial charge in [-0.05, 0) is 19.8 Å². The lowest BCUT2D eigenvalue weighted by atomic mass is 10.2. The molecule has 0 unspecified atom stereocenters. The van der Waals surface area contributed by atoms with Crippen LogP contribution < -0.4 is 9.88 Å². The van der Waals surface area contributed by atoms with E-state index in [1.165, 1.54) is 4.53 Å². The molecule has 0 N–H and O–H groups in total. The molecule has 1 aliphatic carbocycles. The lowest BCUT2D eigenvalue weighted by Gasteiger charge is -1.96. The van der Waals surface area contributed by atoms with Crippen LogP contribution in [0.4, 0.5) is 0 Å². The zero-order valence-corrected chi connectivity index (χ0v) is 7.80. The molecule has 1 heterocycles. The molecule has 0 bridgehead atoms. The highest BCUT2D eigenvalue weighted by Crippen LogP contribution is 2.12. The summed E-state index contributed by atoms with van der Waals surface area (Å²) >= 11 is 7.72. The van der Waals surface area contributed by atoms with Crippen molar-refractivity contribution < 1.29 is 0 Å². The van der Waals surface area contributed by atoms with Gasteiger partial charge >= 0.3 is 0 Å². The second kappa shape index (κ2) is 2.61. The van der Waals surface area contributed by atoms with Crippen molar-refractivity contribution in [3.05, 3.63) is 14.9 Å². The third-order valence-corrected chi connectivity index (χ3v) is 3.05. The van der Waals surface area contributed by atoms with Crippen LogP contribution in [-0.4, -0.2) is 4.98 Å². The molecule has 1 nitrogen and oxygen atoms in total. The summed E-state index contributed by atoms with van der Waals surface area (Å²) in [5.74, 6) is 0. The summed E-state index contributed by atoms with van der Waals surface area (Å²) in [7, 11) is 0. The first-order chi connectivity index (χ1) is 5.27. The van der Waals surface area contributed by atoms with E-state index in [0.29, 0.717) is 0 Å². The average Bonchev–Trinajstić information content (AvgIpc) is 2.31. The van der Waals surface area contributed by atoms with Gasteiger partial charge in [-0.25, -0.2) is 4.98 Å². The van der Waals surface area contributed by atoms with Gasteiger partial charge in [-0.15, -0.1) is 11.3 Å². The lowest BCUT2D eigenvalue weighted by Crippen LogP contribution is -2.25. The number of fused-ring (bicyclic) bond motifs is 1. The van der Waals surface area contributed by atoms with Crippen LogP contribution >= 0.6 is 22.9 Å². The summed E-state index contributed by atoms with van der Waals surface area (Å²) < 4.78 is 1.25. The highest BCUT2D eigenvalue weighted by molar-refractivity contribution is 7.09. The molecule has 0 aliphatic heterocycles. The van der Waals surface area contributed by atoms with Crippen molar-refractivity contribution in [2.45, 2.75) is 19.8 Å². The molecule has 0 fully saturated rings. The van der Waals surface area contributed by atoms with Gasteiger partial charge in [0, 0.05) is 5.03 Å². The van der Waals surface area contributed by atoms with Crippen LogP contribution in [0.1, 0.15) is 17.8 Å². The van der Waals surface area contributed by atoms with Gasteiger partial charge in [0.05, 0.1) is 14.9 Å². The third-order valence-electron chi connectivity index (χ3n) is 1.71. The Balaban J connectivity index is 2.88. The molecule has 3 heteroatoms. The fourth-order valence-electron chi connectivity index (χ4n) is 1.22. The van der Waals surface area contributed by atoms with E-state index in [4.69, 9.17) is 11.6 Å². The second-order valence-electron chi connectivity index (χ2n) is 2.59.